The third kappa shape index (κ3) is 4.51. The number of benzene rings is 1. The maximum atomic E-state index is 10.9. The second-order valence-corrected chi connectivity index (χ2v) is 4.22. The van der Waals surface area contributed by atoms with Crippen molar-refractivity contribution in [1.29, 1.82) is 0 Å². The van der Waals surface area contributed by atoms with Crippen LogP contribution in [0.15, 0.2) is 36.7 Å². The van der Waals surface area contributed by atoms with Crippen LogP contribution in [0.2, 0.25) is 0 Å². The first kappa shape index (κ1) is 13.2. The molecule has 0 atom stereocenters. The maximum absolute atomic E-state index is 10.9. The summed E-state index contributed by atoms with van der Waals surface area (Å²) in [5.74, 6) is -0.0568. The van der Waals surface area contributed by atoms with Crippen molar-refractivity contribution in [3.05, 3.63) is 42.2 Å². The second kappa shape index (κ2) is 6.65. The zero-order chi connectivity index (χ0) is 13.5. The zero-order valence-corrected chi connectivity index (χ0v) is 10.8. The van der Waals surface area contributed by atoms with Crippen LogP contribution in [0.3, 0.4) is 0 Å². The van der Waals surface area contributed by atoms with Crippen molar-refractivity contribution in [2.24, 2.45) is 0 Å². The van der Waals surface area contributed by atoms with Crippen molar-refractivity contribution >= 4 is 11.6 Å². The fourth-order valence-electron chi connectivity index (χ4n) is 1.69. The highest BCUT2D eigenvalue weighted by atomic mass is 16.1. The van der Waals surface area contributed by atoms with Gasteiger partial charge < -0.3 is 10.6 Å². The fraction of sp³-hybridized carbons (Fsp3) is 0.308. The summed E-state index contributed by atoms with van der Waals surface area (Å²) in [5.41, 5.74) is 1.99. The number of hydrogen-bond donors (Lipinski definition) is 2. The van der Waals surface area contributed by atoms with Crippen LogP contribution in [-0.4, -0.2) is 27.4 Å². The van der Waals surface area contributed by atoms with E-state index < -0.39 is 0 Å². The first-order valence-electron chi connectivity index (χ1n) is 6.15. The molecule has 2 N–H and O–H groups in total. The minimum absolute atomic E-state index is 0.0568. The Morgan fingerprint density at radius 1 is 1.32 bits per heavy atom. The van der Waals surface area contributed by atoms with Crippen molar-refractivity contribution in [3.63, 3.8) is 0 Å². The Bertz CT molecular complexity index is 506. The molecule has 6 nitrogen and oxygen atoms in total. The van der Waals surface area contributed by atoms with Gasteiger partial charge >= 0.3 is 0 Å². The second-order valence-electron chi connectivity index (χ2n) is 4.22. The first-order valence-corrected chi connectivity index (χ1v) is 6.15. The number of hydrogen-bond acceptors (Lipinski definition) is 4. The molecule has 1 amide bonds. The maximum Gasteiger partial charge on any atom is 0.221 e. The predicted octanol–water partition coefficient (Wildman–Crippen LogP) is 1.03. The molecule has 6 heteroatoms. The van der Waals surface area contributed by atoms with Crippen LogP contribution in [-0.2, 0) is 17.9 Å². The number of amides is 1. The minimum atomic E-state index is -0.0568. The number of carbonyl (C=O) groups is 1. The van der Waals surface area contributed by atoms with E-state index in [4.69, 9.17) is 0 Å². The third-order valence-electron chi connectivity index (χ3n) is 2.59. The number of nitrogens with one attached hydrogen (secondary N) is 2. The van der Waals surface area contributed by atoms with Gasteiger partial charge in [0.15, 0.2) is 0 Å². The number of carbonyl (C=O) groups excluding carboxylic acids is 1. The lowest BCUT2D eigenvalue weighted by molar-refractivity contribution is -0.114. The summed E-state index contributed by atoms with van der Waals surface area (Å²) in [6, 6.07) is 7.78. The van der Waals surface area contributed by atoms with Crippen LogP contribution in [0.1, 0.15) is 12.5 Å². The molecule has 19 heavy (non-hydrogen) atoms. The summed E-state index contributed by atoms with van der Waals surface area (Å²) in [6.45, 7) is 3.91. The van der Waals surface area contributed by atoms with Gasteiger partial charge in [-0.25, -0.2) is 0 Å². The van der Waals surface area contributed by atoms with Gasteiger partial charge in [0, 0.05) is 31.9 Å². The van der Waals surface area contributed by atoms with E-state index in [1.165, 1.54) is 12.5 Å². The van der Waals surface area contributed by atoms with Crippen LogP contribution in [0, 0.1) is 0 Å². The van der Waals surface area contributed by atoms with E-state index in [-0.39, 0.29) is 5.91 Å². The van der Waals surface area contributed by atoms with Gasteiger partial charge in [0.05, 0.1) is 12.7 Å². The van der Waals surface area contributed by atoms with Crippen molar-refractivity contribution < 1.29 is 4.79 Å². The Hall–Kier alpha value is -2.21. The SMILES string of the molecule is CC(=O)Nc1ccc(CNCCn2ccnn2)cc1. The van der Waals surface area contributed by atoms with Crippen LogP contribution in [0.25, 0.3) is 0 Å². The lowest BCUT2D eigenvalue weighted by atomic mass is 10.2. The Morgan fingerprint density at radius 2 is 2.11 bits per heavy atom. The molecule has 0 saturated carbocycles. The molecule has 2 rings (SSSR count). The molecule has 1 aromatic carbocycles. The topological polar surface area (TPSA) is 71.8 Å². The van der Waals surface area contributed by atoms with E-state index in [1.54, 1.807) is 10.9 Å². The van der Waals surface area contributed by atoms with Crippen LogP contribution < -0.4 is 10.6 Å². The number of rotatable bonds is 6. The molecule has 100 valence electrons. The standard InChI is InChI=1S/C13H17N5O/c1-11(19)16-13-4-2-12(3-5-13)10-14-6-8-18-9-7-15-17-18/h2-5,7,9,14H,6,8,10H2,1H3,(H,16,19). The normalized spacial score (nSPS) is 10.4. The molecular weight excluding hydrogens is 242 g/mol. The van der Waals surface area contributed by atoms with Gasteiger partial charge in [-0.15, -0.1) is 5.10 Å². The molecule has 0 fully saturated rings. The van der Waals surface area contributed by atoms with Crippen LogP contribution >= 0.6 is 0 Å². The third-order valence-corrected chi connectivity index (χ3v) is 2.59. The van der Waals surface area contributed by atoms with Gasteiger partial charge in [0.2, 0.25) is 5.91 Å². The Balaban J connectivity index is 1.72. The molecule has 2 aromatic rings. The summed E-state index contributed by atoms with van der Waals surface area (Å²) >= 11 is 0. The van der Waals surface area contributed by atoms with E-state index in [1.807, 2.05) is 30.5 Å². The number of aromatic nitrogens is 3. The van der Waals surface area contributed by atoms with Gasteiger partial charge in [-0.1, -0.05) is 17.3 Å². The smallest absolute Gasteiger partial charge is 0.221 e. The largest absolute Gasteiger partial charge is 0.326 e. The highest BCUT2D eigenvalue weighted by Gasteiger charge is 1.97. The summed E-state index contributed by atoms with van der Waals surface area (Å²) in [5, 5.41) is 13.7. The summed E-state index contributed by atoms with van der Waals surface area (Å²) < 4.78 is 1.78. The molecule has 0 spiro atoms. The van der Waals surface area contributed by atoms with E-state index in [9.17, 15) is 4.79 Å². The molecule has 0 unspecified atom stereocenters. The summed E-state index contributed by atoms with van der Waals surface area (Å²) in [7, 11) is 0. The monoisotopic (exact) mass is 259 g/mol. The van der Waals surface area contributed by atoms with Gasteiger partial charge in [0.1, 0.15) is 0 Å². The molecule has 1 aromatic heterocycles. The van der Waals surface area contributed by atoms with Gasteiger partial charge in [-0.3, -0.25) is 9.48 Å². The highest BCUT2D eigenvalue weighted by molar-refractivity contribution is 5.88. The number of anilines is 1. The first-order chi connectivity index (χ1) is 9.24. The van der Waals surface area contributed by atoms with Gasteiger partial charge in [-0.05, 0) is 17.7 Å². The highest BCUT2D eigenvalue weighted by Crippen LogP contribution is 2.09. The Morgan fingerprint density at radius 3 is 2.74 bits per heavy atom. The molecule has 0 radical (unpaired) electrons. The average Bonchev–Trinajstić information content (AvgIpc) is 2.89. The van der Waals surface area contributed by atoms with Gasteiger partial charge in [-0.2, -0.15) is 0 Å². The van der Waals surface area contributed by atoms with E-state index in [2.05, 4.69) is 20.9 Å². The molecule has 0 bridgehead atoms. The Kier molecular flexibility index (Phi) is 4.63. The molecular formula is C13H17N5O. The predicted molar refractivity (Wildman–Crippen MR) is 72.5 cm³/mol. The molecule has 0 saturated heterocycles. The number of nitrogens with zero attached hydrogens (tertiary/aromatic N) is 3. The zero-order valence-electron chi connectivity index (χ0n) is 10.8. The van der Waals surface area contributed by atoms with Gasteiger partial charge in [0.25, 0.3) is 0 Å². The van der Waals surface area contributed by atoms with Crippen molar-refractivity contribution in [1.82, 2.24) is 20.3 Å². The quantitative estimate of drug-likeness (QED) is 0.760. The van der Waals surface area contributed by atoms with E-state index >= 15 is 0 Å². The van der Waals surface area contributed by atoms with Crippen molar-refractivity contribution in [2.75, 3.05) is 11.9 Å². The lowest BCUT2D eigenvalue weighted by Gasteiger charge is -2.06. The van der Waals surface area contributed by atoms with Crippen LogP contribution in [0.4, 0.5) is 5.69 Å². The molecule has 1 heterocycles. The lowest BCUT2D eigenvalue weighted by Crippen LogP contribution is -2.19. The van der Waals surface area contributed by atoms with Crippen molar-refractivity contribution in [2.45, 2.75) is 20.0 Å². The van der Waals surface area contributed by atoms with E-state index in [0.717, 1.165) is 25.3 Å². The summed E-state index contributed by atoms with van der Waals surface area (Å²) in [6.07, 6.45) is 3.50. The Labute approximate surface area is 111 Å². The summed E-state index contributed by atoms with van der Waals surface area (Å²) in [4.78, 5) is 10.9. The average molecular weight is 259 g/mol. The van der Waals surface area contributed by atoms with Crippen LogP contribution in [0.5, 0.6) is 0 Å². The van der Waals surface area contributed by atoms with Crippen molar-refractivity contribution in [3.8, 4) is 0 Å². The van der Waals surface area contributed by atoms with E-state index in [0.29, 0.717) is 0 Å². The molecule has 0 aliphatic heterocycles. The molecule has 0 aliphatic carbocycles. The fourth-order valence-corrected chi connectivity index (χ4v) is 1.69. The minimum Gasteiger partial charge on any atom is -0.326 e. The molecule has 0 aliphatic rings.